The minimum absolute atomic E-state index is 0.0167. The molecule has 2 aromatic carbocycles. The maximum absolute atomic E-state index is 12.3. The highest BCUT2D eigenvalue weighted by molar-refractivity contribution is 7.99. The molecule has 0 atom stereocenters. The molecule has 0 unspecified atom stereocenters. The molecule has 0 spiro atoms. The number of rotatable bonds is 7. The summed E-state index contributed by atoms with van der Waals surface area (Å²) in [6, 6.07) is 15.1. The van der Waals surface area contributed by atoms with Gasteiger partial charge in [0.1, 0.15) is 12.1 Å². The van der Waals surface area contributed by atoms with Crippen LogP contribution in [0.15, 0.2) is 66.1 Å². The number of carbonyl (C=O) groups is 1. The molecule has 8 heteroatoms. The van der Waals surface area contributed by atoms with Gasteiger partial charge in [0.2, 0.25) is 0 Å². The van der Waals surface area contributed by atoms with Crippen molar-refractivity contribution < 1.29 is 18.3 Å². The topological polar surface area (TPSA) is 57.0 Å². The molecule has 0 N–H and O–H groups in total. The summed E-state index contributed by atoms with van der Waals surface area (Å²) in [5.74, 6) is 0.0276. The largest absolute Gasteiger partial charge is 0.435 e. The number of hydrogen-bond donors (Lipinski definition) is 0. The Morgan fingerprint density at radius 2 is 1.84 bits per heavy atom. The van der Waals surface area contributed by atoms with Crippen molar-refractivity contribution in [1.82, 2.24) is 14.8 Å². The van der Waals surface area contributed by atoms with E-state index in [4.69, 9.17) is 0 Å². The maximum atomic E-state index is 12.3. The molecule has 25 heavy (non-hydrogen) atoms. The lowest BCUT2D eigenvalue weighted by atomic mass is 10.1. The van der Waals surface area contributed by atoms with E-state index < -0.39 is 6.61 Å². The number of halogens is 2. The second-order valence-electron chi connectivity index (χ2n) is 4.93. The predicted molar refractivity (Wildman–Crippen MR) is 89.5 cm³/mol. The van der Waals surface area contributed by atoms with Crippen LogP contribution in [0.25, 0.3) is 5.69 Å². The van der Waals surface area contributed by atoms with Crippen LogP contribution in [0.1, 0.15) is 10.4 Å². The van der Waals surface area contributed by atoms with Gasteiger partial charge in [-0.2, -0.15) is 8.78 Å². The van der Waals surface area contributed by atoms with E-state index in [0.29, 0.717) is 10.7 Å². The van der Waals surface area contributed by atoms with Gasteiger partial charge < -0.3 is 4.74 Å². The average molecular weight is 361 g/mol. The van der Waals surface area contributed by atoms with Crippen LogP contribution >= 0.6 is 11.8 Å². The van der Waals surface area contributed by atoms with E-state index in [1.807, 2.05) is 30.3 Å². The highest BCUT2D eigenvalue weighted by atomic mass is 32.2. The number of aromatic nitrogens is 3. The maximum Gasteiger partial charge on any atom is 0.387 e. The van der Waals surface area contributed by atoms with Gasteiger partial charge in [-0.25, -0.2) is 0 Å². The van der Waals surface area contributed by atoms with Crippen molar-refractivity contribution in [3.63, 3.8) is 0 Å². The molecule has 0 amide bonds. The van der Waals surface area contributed by atoms with E-state index in [9.17, 15) is 13.6 Å². The number of para-hydroxylation sites is 1. The van der Waals surface area contributed by atoms with E-state index in [0.717, 1.165) is 5.69 Å². The van der Waals surface area contributed by atoms with Crippen molar-refractivity contribution in [1.29, 1.82) is 0 Å². The Bertz CT molecular complexity index is 839. The number of thioether (sulfide) groups is 1. The zero-order valence-corrected chi connectivity index (χ0v) is 13.7. The van der Waals surface area contributed by atoms with E-state index in [1.54, 1.807) is 10.9 Å². The molecule has 1 aromatic heterocycles. The van der Waals surface area contributed by atoms with Crippen molar-refractivity contribution in [2.45, 2.75) is 11.8 Å². The Hall–Kier alpha value is -2.74. The smallest absolute Gasteiger partial charge is 0.387 e. The molecule has 0 aliphatic rings. The number of carbonyl (C=O) groups excluding carboxylic acids is 1. The summed E-state index contributed by atoms with van der Waals surface area (Å²) < 4.78 is 30.3. The summed E-state index contributed by atoms with van der Waals surface area (Å²) >= 11 is 1.25. The number of alkyl halides is 2. The van der Waals surface area contributed by atoms with Gasteiger partial charge >= 0.3 is 6.61 Å². The van der Waals surface area contributed by atoms with E-state index in [2.05, 4.69) is 14.9 Å². The molecule has 3 rings (SSSR count). The molecule has 3 aromatic rings. The van der Waals surface area contributed by atoms with Crippen LogP contribution in [0.3, 0.4) is 0 Å². The van der Waals surface area contributed by atoms with Crippen LogP contribution in [0, 0.1) is 0 Å². The normalized spacial score (nSPS) is 10.8. The SMILES string of the molecule is O=C(CSc1nncn1-c1ccccc1)c1ccc(OC(F)F)cc1. The third kappa shape index (κ3) is 4.42. The fraction of sp³-hybridized carbons (Fsp3) is 0.118. The number of Topliss-reactive ketones (excluding diaryl/α,β-unsaturated/α-hetero) is 1. The van der Waals surface area contributed by atoms with Crippen LogP contribution in [-0.2, 0) is 0 Å². The minimum Gasteiger partial charge on any atom is -0.435 e. The van der Waals surface area contributed by atoms with Crippen molar-refractivity contribution >= 4 is 17.5 Å². The zero-order chi connectivity index (χ0) is 17.6. The van der Waals surface area contributed by atoms with Crippen molar-refractivity contribution in [3.8, 4) is 11.4 Å². The van der Waals surface area contributed by atoms with Crippen LogP contribution in [0.5, 0.6) is 5.75 Å². The van der Waals surface area contributed by atoms with Gasteiger partial charge in [-0.1, -0.05) is 30.0 Å². The Morgan fingerprint density at radius 1 is 1.12 bits per heavy atom. The quantitative estimate of drug-likeness (QED) is 0.473. The number of hydrogen-bond acceptors (Lipinski definition) is 5. The van der Waals surface area contributed by atoms with Gasteiger partial charge in [0.25, 0.3) is 0 Å². The summed E-state index contributed by atoms with van der Waals surface area (Å²) in [6.07, 6.45) is 1.58. The molecular formula is C17H13F2N3O2S. The number of ketones is 1. The second kappa shape index (κ2) is 7.89. The van der Waals surface area contributed by atoms with Crippen LogP contribution in [-0.4, -0.2) is 32.9 Å². The molecule has 0 radical (unpaired) electrons. The van der Waals surface area contributed by atoms with Crippen LogP contribution in [0.2, 0.25) is 0 Å². The fourth-order valence-corrected chi connectivity index (χ4v) is 2.95. The molecule has 0 saturated heterocycles. The number of nitrogens with zero attached hydrogens (tertiary/aromatic N) is 3. The summed E-state index contributed by atoms with van der Waals surface area (Å²) in [5.41, 5.74) is 1.32. The predicted octanol–water partition coefficient (Wildman–Crippen LogP) is 3.84. The van der Waals surface area contributed by atoms with Gasteiger partial charge in [0.05, 0.1) is 5.75 Å². The first-order valence-electron chi connectivity index (χ1n) is 7.30. The standard InChI is InChI=1S/C17H13F2N3O2S/c18-16(19)24-14-8-6-12(7-9-14)15(23)10-25-17-21-20-11-22(17)13-4-2-1-3-5-13/h1-9,11,16H,10H2. The van der Waals surface area contributed by atoms with E-state index in [1.165, 1.54) is 36.0 Å². The van der Waals surface area contributed by atoms with E-state index in [-0.39, 0.29) is 17.3 Å². The summed E-state index contributed by atoms with van der Waals surface area (Å²) in [7, 11) is 0. The highest BCUT2D eigenvalue weighted by Gasteiger charge is 2.12. The number of ether oxygens (including phenoxy) is 1. The second-order valence-corrected chi connectivity index (χ2v) is 5.88. The summed E-state index contributed by atoms with van der Waals surface area (Å²) in [6.45, 7) is -2.89. The Morgan fingerprint density at radius 3 is 2.52 bits per heavy atom. The van der Waals surface area contributed by atoms with E-state index >= 15 is 0 Å². The van der Waals surface area contributed by atoms with Gasteiger partial charge in [-0.05, 0) is 36.4 Å². The lowest BCUT2D eigenvalue weighted by molar-refractivity contribution is -0.0498. The average Bonchev–Trinajstić information content (AvgIpc) is 3.09. The summed E-state index contributed by atoms with van der Waals surface area (Å²) in [4.78, 5) is 12.3. The first-order valence-corrected chi connectivity index (χ1v) is 8.28. The fourth-order valence-electron chi connectivity index (χ4n) is 2.12. The van der Waals surface area contributed by atoms with Gasteiger partial charge in [-0.15, -0.1) is 10.2 Å². The van der Waals surface area contributed by atoms with Crippen molar-refractivity contribution in [3.05, 3.63) is 66.5 Å². The van der Waals surface area contributed by atoms with Gasteiger partial charge in [0, 0.05) is 11.3 Å². The van der Waals surface area contributed by atoms with Crippen LogP contribution < -0.4 is 4.74 Å². The molecule has 0 aliphatic carbocycles. The lowest BCUT2D eigenvalue weighted by Gasteiger charge is -2.07. The third-order valence-electron chi connectivity index (χ3n) is 3.28. The monoisotopic (exact) mass is 361 g/mol. The minimum atomic E-state index is -2.89. The first-order chi connectivity index (χ1) is 12.1. The molecule has 1 heterocycles. The first kappa shape index (κ1) is 17.1. The molecule has 0 fully saturated rings. The Kier molecular flexibility index (Phi) is 5.39. The Labute approximate surface area is 146 Å². The molecule has 128 valence electrons. The molecule has 0 aliphatic heterocycles. The van der Waals surface area contributed by atoms with Crippen molar-refractivity contribution in [2.24, 2.45) is 0 Å². The highest BCUT2D eigenvalue weighted by Crippen LogP contribution is 2.21. The van der Waals surface area contributed by atoms with Gasteiger partial charge in [-0.3, -0.25) is 9.36 Å². The third-order valence-corrected chi connectivity index (χ3v) is 4.23. The lowest BCUT2D eigenvalue weighted by Crippen LogP contribution is -2.05. The number of benzene rings is 2. The molecular weight excluding hydrogens is 348 g/mol. The molecule has 0 bridgehead atoms. The van der Waals surface area contributed by atoms with Crippen molar-refractivity contribution in [2.75, 3.05) is 5.75 Å². The molecule has 0 saturated carbocycles. The Balaban J connectivity index is 1.64. The summed E-state index contributed by atoms with van der Waals surface area (Å²) in [5, 5.41) is 8.50. The van der Waals surface area contributed by atoms with Gasteiger partial charge in [0.15, 0.2) is 10.9 Å². The van der Waals surface area contributed by atoms with Crippen LogP contribution in [0.4, 0.5) is 8.78 Å². The molecule has 5 nitrogen and oxygen atoms in total. The zero-order valence-electron chi connectivity index (χ0n) is 12.9.